The molecule has 2 rings (SSSR count). The van der Waals surface area contributed by atoms with E-state index in [1.165, 1.54) is 11.8 Å². The fourth-order valence-electron chi connectivity index (χ4n) is 2.05. The minimum Gasteiger partial charge on any atom is -0.351 e. The van der Waals surface area contributed by atoms with Crippen molar-refractivity contribution in [2.45, 2.75) is 38.4 Å². The van der Waals surface area contributed by atoms with Gasteiger partial charge in [0.15, 0.2) is 0 Å². The van der Waals surface area contributed by atoms with Crippen LogP contribution >= 0.6 is 11.8 Å². The molecule has 0 aliphatic heterocycles. The molecule has 0 bridgehead atoms. The lowest BCUT2D eigenvalue weighted by atomic mass is 10.3. The van der Waals surface area contributed by atoms with Crippen molar-refractivity contribution in [3.63, 3.8) is 0 Å². The predicted molar refractivity (Wildman–Crippen MR) is 84.3 cm³/mol. The van der Waals surface area contributed by atoms with Gasteiger partial charge in [-0.1, -0.05) is 17.8 Å². The van der Waals surface area contributed by atoms with Crippen LogP contribution in [0.15, 0.2) is 35.5 Å². The number of nitrogens with zero attached hydrogens (tertiary/aromatic N) is 3. The number of pyridine rings is 1. The fourth-order valence-corrected chi connectivity index (χ4v) is 2.73. The highest BCUT2D eigenvalue weighted by molar-refractivity contribution is 7.99. The molecule has 0 saturated heterocycles. The van der Waals surface area contributed by atoms with Gasteiger partial charge in [-0.15, -0.1) is 0 Å². The van der Waals surface area contributed by atoms with Gasteiger partial charge in [-0.3, -0.25) is 9.48 Å². The number of hydrogen-bond acceptors (Lipinski definition) is 4. The molecule has 2 heterocycles. The van der Waals surface area contributed by atoms with Gasteiger partial charge in [0.25, 0.3) is 0 Å². The third kappa shape index (κ3) is 4.90. The maximum absolute atomic E-state index is 11.9. The summed E-state index contributed by atoms with van der Waals surface area (Å²) in [6, 6.07) is 7.75. The second-order valence-corrected chi connectivity index (χ2v) is 6.03. The van der Waals surface area contributed by atoms with Crippen LogP contribution < -0.4 is 5.32 Å². The summed E-state index contributed by atoms with van der Waals surface area (Å²) in [5.41, 5.74) is 2.10. The molecule has 5 nitrogen and oxygen atoms in total. The van der Waals surface area contributed by atoms with Gasteiger partial charge in [-0.2, -0.15) is 5.10 Å². The smallest absolute Gasteiger partial charge is 0.230 e. The number of amides is 1. The molecule has 1 amide bonds. The molecule has 0 aromatic carbocycles. The molecule has 0 aliphatic carbocycles. The summed E-state index contributed by atoms with van der Waals surface area (Å²) in [5.74, 6) is 0.387. The standard InChI is InChI=1S/C15H20N4OS/c1-11-8-13(3)19(18-11)9-12(2)17-14(20)10-21-15-6-4-5-7-16-15/h4-8,12H,9-10H2,1-3H3,(H,17,20)/t12-/m1/s1. The monoisotopic (exact) mass is 304 g/mol. The summed E-state index contributed by atoms with van der Waals surface area (Å²) in [7, 11) is 0. The Labute approximate surface area is 129 Å². The number of thioether (sulfide) groups is 1. The summed E-state index contributed by atoms with van der Waals surface area (Å²) in [6.45, 7) is 6.65. The Hall–Kier alpha value is -1.82. The van der Waals surface area contributed by atoms with E-state index in [9.17, 15) is 4.79 Å². The quantitative estimate of drug-likeness (QED) is 0.831. The molecule has 6 heteroatoms. The molecule has 0 aliphatic rings. The van der Waals surface area contributed by atoms with Gasteiger partial charge in [0.1, 0.15) is 0 Å². The van der Waals surface area contributed by atoms with Crippen LogP contribution in [-0.4, -0.2) is 32.5 Å². The van der Waals surface area contributed by atoms with E-state index in [1.54, 1.807) is 6.20 Å². The highest BCUT2D eigenvalue weighted by Gasteiger charge is 2.10. The van der Waals surface area contributed by atoms with Crippen molar-refractivity contribution in [1.29, 1.82) is 0 Å². The second-order valence-electron chi connectivity index (χ2n) is 5.03. The first-order valence-electron chi connectivity index (χ1n) is 6.89. The molecular formula is C15H20N4OS. The van der Waals surface area contributed by atoms with Crippen molar-refractivity contribution >= 4 is 17.7 Å². The topological polar surface area (TPSA) is 59.8 Å². The van der Waals surface area contributed by atoms with Crippen LogP contribution in [0.4, 0.5) is 0 Å². The van der Waals surface area contributed by atoms with Gasteiger partial charge in [0, 0.05) is 17.9 Å². The number of hydrogen-bond donors (Lipinski definition) is 1. The third-order valence-electron chi connectivity index (χ3n) is 2.95. The van der Waals surface area contributed by atoms with Crippen LogP contribution in [0, 0.1) is 13.8 Å². The molecule has 0 radical (unpaired) electrons. The van der Waals surface area contributed by atoms with E-state index in [-0.39, 0.29) is 11.9 Å². The lowest BCUT2D eigenvalue weighted by Crippen LogP contribution is -2.37. The van der Waals surface area contributed by atoms with Crippen molar-refractivity contribution < 1.29 is 4.79 Å². The van der Waals surface area contributed by atoms with E-state index in [0.717, 1.165) is 16.4 Å². The number of nitrogens with one attached hydrogen (secondary N) is 1. The zero-order valence-electron chi connectivity index (χ0n) is 12.5. The van der Waals surface area contributed by atoms with E-state index in [2.05, 4.69) is 15.4 Å². The lowest BCUT2D eigenvalue weighted by Gasteiger charge is -2.14. The van der Waals surface area contributed by atoms with Gasteiger partial charge in [-0.05, 0) is 39.0 Å². The minimum absolute atomic E-state index is 0.0136. The van der Waals surface area contributed by atoms with E-state index in [1.807, 2.05) is 49.7 Å². The highest BCUT2D eigenvalue weighted by atomic mass is 32.2. The first-order chi connectivity index (χ1) is 10.0. The molecule has 0 unspecified atom stereocenters. The SMILES string of the molecule is Cc1cc(C)n(C[C@@H](C)NC(=O)CSc2ccccn2)n1. The fraction of sp³-hybridized carbons (Fsp3) is 0.400. The molecule has 1 atom stereocenters. The average Bonchev–Trinajstić information content (AvgIpc) is 2.75. The van der Waals surface area contributed by atoms with Crippen LogP contribution in [0.2, 0.25) is 0 Å². The van der Waals surface area contributed by atoms with Crippen LogP contribution in [-0.2, 0) is 11.3 Å². The number of carbonyl (C=O) groups is 1. The molecule has 0 fully saturated rings. The maximum Gasteiger partial charge on any atom is 0.230 e. The number of aryl methyl sites for hydroxylation is 2. The number of rotatable bonds is 6. The van der Waals surface area contributed by atoms with Crippen molar-refractivity contribution in [3.8, 4) is 0 Å². The molecule has 112 valence electrons. The Morgan fingerprint density at radius 1 is 1.43 bits per heavy atom. The first kappa shape index (κ1) is 15.6. The molecule has 0 saturated carbocycles. The lowest BCUT2D eigenvalue weighted by molar-refractivity contribution is -0.119. The zero-order valence-corrected chi connectivity index (χ0v) is 13.4. The Kier molecular flexibility index (Phi) is 5.38. The molecule has 21 heavy (non-hydrogen) atoms. The Morgan fingerprint density at radius 2 is 2.24 bits per heavy atom. The van der Waals surface area contributed by atoms with E-state index in [0.29, 0.717) is 12.3 Å². The zero-order chi connectivity index (χ0) is 15.2. The van der Waals surface area contributed by atoms with Crippen molar-refractivity contribution in [3.05, 3.63) is 41.9 Å². The minimum atomic E-state index is 0.0136. The second kappa shape index (κ2) is 7.26. The Balaban J connectivity index is 1.78. The van der Waals surface area contributed by atoms with Crippen LogP contribution in [0.1, 0.15) is 18.3 Å². The molecule has 2 aromatic rings. The molecule has 0 spiro atoms. The largest absolute Gasteiger partial charge is 0.351 e. The van der Waals surface area contributed by atoms with Crippen LogP contribution in [0.3, 0.4) is 0 Å². The van der Waals surface area contributed by atoms with Gasteiger partial charge in [0.2, 0.25) is 5.91 Å². The highest BCUT2D eigenvalue weighted by Crippen LogP contribution is 2.13. The van der Waals surface area contributed by atoms with Crippen LogP contribution in [0.25, 0.3) is 0 Å². The summed E-state index contributed by atoms with van der Waals surface area (Å²) in [5, 5.41) is 8.25. The van der Waals surface area contributed by atoms with Crippen LogP contribution in [0.5, 0.6) is 0 Å². The molecular weight excluding hydrogens is 284 g/mol. The average molecular weight is 304 g/mol. The summed E-state index contributed by atoms with van der Waals surface area (Å²) < 4.78 is 1.92. The third-order valence-corrected chi connectivity index (χ3v) is 3.89. The molecule has 2 aromatic heterocycles. The Morgan fingerprint density at radius 3 is 2.86 bits per heavy atom. The van der Waals surface area contributed by atoms with E-state index < -0.39 is 0 Å². The van der Waals surface area contributed by atoms with E-state index in [4.69, 9.17) is 0 Å². The first-order valence-corrected chi connectivity index (χ1v) is 7.87. The van der Waals surface area contributed by atoms with Gasteiger partial charge >= 0.3 is 0 Å². The van der Waals surface area contributed by atoms with Gasteiger partial charge in [-0.25, -0.2) is 4.98 Å². The van der Waals surface area contributed by atoms with Crippen molar-refractivity contribution in [1.82, 2.24) is 20.1 Å². The summed E-state index contributed by atoms with van der Waals surface area (Å²) in [4.78, 5) is 16.1. The summed E-state index contributed by atoms with van der Waals surface area (Å²) in [6.07, 6.45) is 1.73. The predicted octanol–water partition coefficient (Wildman–Crippen LogP) is 2.19. The Bertz CT molecular complexity index is 597. The molecule has 1 N–H and O–H groups in total. The number of aromatic nitrogens is 3. The normalized spacial score (nSPS) is 12.1. The van der Waals surface area contributed by atoms with Gasteiger partial charge in [0.05, 0.1) is 23.0 Å². The van der Waals surface area contributed by atoms with E-state index >= 15 is 0 Å². The summed E-state index contributed by atoms with van der Waals surface area (Å²) >= 11 is 1.44. The van der Waals surface area contributed by atoms with Gasteiger partial charge < -0.3 is 5.32 Å². The maximum atomic E-state index is 11.9. The van der Waals surface area contributed by atoms with Crippen molar-refractivity contribution in [2.75, 3.05) is 5.75 Å². The van der Waals surface area contributed by atoms with Crippen molar-refractivity contribution in [2.24, 2.45) is 0 Å². The number of carbonyl (C=O) groups excluding carboxylic acids is 1.